The van der Waals surface area contributed by atoms with Crippen LogP contribution in [0.1, 0.15) is 28.8 Å². The number of hydrogen-bond donors (Lipinski definition) is 1. The number of aromatic nitrogens is 4. The molecule has 27 heavy (non-hydrogen) atoms. The Bertz CT molecular complexity index is 902. The minimum atomic E-state index is 0.0363. The quantitative estimate of drug-likeness (QED) is 0.750. The molecule has 2 aromatic carbocycles. The Labute approximate surface area is 162 Å². The van der Waals surface area contributed by atoms with Gasteiger partial charge in [0.2, 0.25) is 5.82 Å². The molecule has 1 amide bonds. The van der Waals surface area contributed by atoms with Crippen molar-refractivity contribution in [3.05, 3.63) is 59.7 Å². The summed E-state index contributed by atoms with van der Waals surface area (Å²) in [7, 11) is 0. The lowest BCUT2D eigenvalue weighted by Crippen LogP contribution is -2.39. The predicted octanol–water partition coefficient (Wildman–Crippen LogP) is 3.57. The molecule has 0 radical (unpaired) electrons. The van der Waals surface area contributed by atoms with Crippen molar-refractivity contribution < 1.29 is 4.79 Å². The van der Waals surface area contributed by atoms with E-state index in [9.17, 15) is 4.79 Å². The van der Waals surface area contributed by atoms with Gasteiger partial charge < -0.3 is 4.90 Å². The molecule has 2 heterocycles. The van der Waals surface area contributed by atoms with Crippen molar-refractivity contribution in [1.82, 2.24) is 25.5 Å². The van der Waals surface area contributed by atoms with Gasteiger partial charge in [-0.3, -0.25) is 4.79 Å². The molecule has 0 bridgehead atoms. The second-order valence-electron chi connectivity index (χ2n) is 6.70. The highest BCUT2D eigenvalue weighted by molar-refractivity contribution is 8.00. The van der Waals surface area contributed by atoms with Gasteiger partial charge in [0.1, 0.15) is 0 Å². The molecule has 0 saturated carbocycles. The fourth-order valence-electron chi connectivity index (χ4n) is 3.30. The molecule has 0 atom stereocenters. The maximum absolute atomic E-state index is 13.1. The molecular weight excluding hydrogens is 358 g/mol. The van der Waals surface area contributed by atoms with E-state index in [2.05, 4.69) is 51.8 Å². The van der Waals surface area contributed by atoms with Crippen molar-refractivity contribution in [3.8, 4) is 11.4 Å². The normalized spacial score (nSPS) is 15.1. The molecule has 1 N–H and O–H groups in total. The van der Waals surface area contributed by atoms with Crippen molar-refractivity contribution in [2.75, 3.05) is 13.1 Å². The number of aromatic amines is 1. The van der Waals surface area contributed by atoms with Gasteiger partial charge in [-0.05, 0) is 43.2 Å². The Balaban J connectivity index is 1.41. The summed E-state index contributed by atoms with van der Waals surface area (Å²) >= 11 is 1.91. The summed E-state index contributed by atoms with van der Waals surface area (Å²) in [6.07, 6.45) is 1.99. The third-order valence-electron chi connectivity index (χ3n) is 4.80. The molecule has 1 fully saturated rings. The number of tetrazole rings is 1. The molecule has 3 aromatic rings. The predicted molar refractivity (Wildman–Crippen MR) is 106 cm³/mol. The smallest absolute Gasteiger partial charge is 0.254 e. The van der Waals surface area contributed by atoms with E-state index in [-0.39, 0.29) is 5.91 Å². The Morgan fingerprint density at radius 3 is 2.56 bits per heavy atom. The lowest BCUT2D eigenvalue weighted by atomic mass is 10.0. The highest BCUT2D eigenvalue weighted by atomic mass is 32.2. The average Bonchev–Trinajstić information content (AvgIpc) is 3.24. The molecule has 4 rings (SSSR count). The minimum absolute atomic E-state index is 0.0363. The zero-order chi connectivity index (χ0) is 18.6. The number of hydrogen-bond acceptors (Lipinski definition) is 5. The summed E-state index contributed by atoms with van der Waals surface area (Å²) in [5, 5.41) is 14.6. The van der Waals surface area contributed by atoms with Crippen LogP contribution in [0.2, 0.25) is 0 Å². The van der Waals surface area contributed by atoms with Crippen LogP contribution in [0, 0.1) is 6.92 Å². The summed E-state index contributed by atoms with van der Waals surface area (Å²) in [6.45, 7) is 3.64. The first kappa shape index (κ1) is 17.7. The number of aryl methyl sites for hydroxylation is 1. The van der Waals surface area contributed by atoms with Crippen molar-refractivity contribution in [2.24, 2.45) is 0 Å². The van der Waals surface area contributed by atoms with E-state index < -0.39 is 0 Å². The number of likely N-dealkylation sites (tertiary alicyclic amines) is 1. The number of thioether (sulfide) groups is 1. The molecular formula is C20H21N5OS. The average molecular weight is 379 g/mol. The molecule has 0 unspecified atom stereocenters. The lowest BCUT2D eigenvalue weighted by molar-refractivity contribution is 0.0728. The number of carbonyl (C=O) groups excluding carboxylic acids is 1. The van der Waals surface area contributed by atoms with Crippen molar-refractivity contribution in [3.63, 3.8) is 0 Å². The van der Waals surface area contributed by atoms with Crippen LogP contribution in [0.3, 0.4) is 0 Å². The monoisotopic (exact) mass is 379 g/mol. The van der Waals surface area contributed by atoms with Crippen LogP contribution >= 0.6 is 11.8 Å². The van der Waals surface area contributed by atoms with E-state index in [1.54, 1.807) is 0 Å². The van der Waals surface area contributed by atoms with E-state index in [4.69, 9.17) is 0 Å². The van der Waals surface area contributed by atoms with Crippen LogP contribution in [0.5, 0.6) is 0 Å². The number of H-pyrrole nitrogens is 1. The third kappa shape index (κ3) is 4.03. The second-order valence-corrected chi connectivity index (χ2v) is 8.08. The van der Waals surface area contributed by atoms with Gasteiger partial charge in [-0.1, -0.05) is 35.9 Å². The Morgan fingerprint density at radius 1 is 1.11 bits per heavy atom. The molecule has 6 nitrogen and oxygen atoms in total. The largest absolute Gasteiger partial charge is 0.339 e. The van der Waals surface area contributed by atoms with Gasteiger partial charge >= 0.3 is 0 Å². The van der Waals surface area contributed by atoms with E-state index in [0.29, 0.717) is 22.2 Å². The van der Waals surface area contributed by atoms with E-state index in [1.165, 1.54) is 10.5 Å². The molecule has 0 aliphatic carbocycles. The maximum Gasteiger partial charge on any atom is 0.254 e. The van der Waals surface area contributed by atoms with E-state index in [1.807, 2.05) is 40.9 Å². The van der Waals surface area contributed by atoms with E-state index >= 15 is 0 Å². The summed E-state index contributed by atoms with van der Waals surface area (Å²) in [5.74, 6) is 0.484. The van der Waals surface area contributed by atoms with Gasteiger partial charge in [-0.25, -0.2) is 0 Å². The fourth-order valence-corrected chi connectivity index (χ4v) is 4.42. The molecule has 1 aromatic heterocycles. The van der Waals surface area contributed by atoms with Gasteiger partial charge in [-0.15, -0.1) is 22.0 Å². The SMILES string of the molecule is Cc1ccc(SC2CCN(C(=O)c3ccccc3-c3nn[nH]n3)CC2)cc1. The number of carbonyl (C=O) groups is 1. The van der Waals surface area contributed by atoms with Gasteiger partial charge in [0.05, 0.1) is 5.56 Å². The van der Waals surface area contributed by atoms with Crippen molar-refractivity contribution in [2.45, 2.75) is 29.9 Å². The highest BCUT2D eigenvalue weighted by Gasteiger charge is 2.26. The number of nitrogens with one attached hydrogen (secondary N) is 1. The van der Waals surface area contributed by atoms with Crippen molar-refractivity contribution in [1.29, 1.82) is 0 Å². The standard InChI is InChI=1S/C20H21N5OS/c1-14-6-8-15(9-7-14)27-16-10-12-25(13-11-16)20(26)18-5-3-2-4-17(18)19-21-23-24-22-19/h2-9,16H,10-13H2,1H3,(H,21,22,23,24). The van der Waals surface area contributed by atoms with Crippen molar-refractivity contribution >= 4 is 17.7 Å². The molecule has 1 aliphatic rings. The molecule has 138 valence electrons. The van der Waals surface area contributed by atoms with Crippen LogP contribution in [-0.4, -0.2) is 49.8 Å². The molecule has 7 heteroatoms. The fraction of sp³-hybridized carbons (Fsp3) is 0.300. The van der Waals surface area contributed by atoms with Gasteiger partial charge in [0, 0.05) is 28.8 Å². The molecule has 1 saturated heterocycles. The first-order valence-corrected chi connectivity index (χ1v) is 9.94. The van der Waals surface area contributed by atoms with E-state index in [0.717, 1.165) is 25.9 Å². The highest BCUT2D eigenvalue weighted by Crippen LogP contribution is 2.31. The summed E-state index contributed by atoms with van der Waals surface area (Å²) < 4.78 is 0. The first-order chi connectivity index (χ1) is 13.2. The van der Waals surface area contributed by atoms with Crippen LogP contribution in [0.15, 0.2) is 53.4 Å². The number of nitrogens with zero attached hydrogens (tertiary/aromatic N) is 4. The number of piperidine rings is 1. The Morgan fingerprint density at radius 2 is 1.85 bits per heavy atom. The Kier molecular flexibility index (Phi) is 5.20. The number of rotatable bonds is 4. The zero-order valence-corrected chi connectivity index (χ0v) is 15.9. The maximum atomic E-state index is 13.1. The lowest BCUT2D eigenvalue weighted by Gasteiger charge is -2.32. The topological polar surface area (TPSA) is 74.8 Å². The number of amides is 1. The summed E-state index contributed by atoms with van der Waals surface area (Å²) in [4.78, 5) is 16.3. The third-order valence-corrected chi connectivity index (χ3v) is 6.15. The first-order valence-electron chi connectivity index (χ1n) is 9.06. The summed E-state index contributed by atoms with van der Waals surface area (Å²) in [5.41, 5.74) is 2.62. The summed E-state index contributed by atoms with van der Waals surface area (Å²) in [6, 6.07) is 16.1. The molecule has 0 spiro atoms. The molecule has 1 aliphatic heterocycles. The van der Waals surface area contributed by atoms with Gasteiger partial charge in [-0.2, -0.15) is 5.21 Å². The Hall–Kier alpha value is -2.67. The number of benzene rings is 2. The zero-order valence-electron chi connectivity index (χ0n) is 15.1. The minimum Gasteiger partial charge on any atom is -0.339 e. The second kappa shape index (κ2) is 7.92. The van der Waals surface area contributed by atoms with Gasteiger partial charge in [0.25, 0.3) is 5.91 Å². The van der Waals surface area contributed by atoms with Crippen LogP contribution in [0.25, 0.3) is 11.4 Å². The van der Waals surface area contributed by atoms with Crippen LogP contribution in [-0.2, 0) is 0 Å². The van der Waals surface area contributed by atoms with Crippen LogP contribution < -0.4 is 0 Å². The van der Waals surface area contributed by atoms with Gasteiger partial charge in [0.15, 0.2) is 0 Å². The van der Waals surface area contributed by atoms with Crippen LogP contribution in [0.4, 0.5) is 0 Å².